The van der Waals surface area contributed by atoms with Gasteiger partial charge in [0.25, 0.3) is 0 Å². The molecule has 0 fully saturated rings. The maximum Gasteiger partial charge on any atom is 0.111 e. The predicted molar refractivity (Wildman–Crippen MR) is 67.6 cm³/mol. The summed E-state index contributed by atoms with van der Waals surface area (Å²) in [6.07, 6.45) is 0. The number of imidazole rings is 1. The number of benzene rings is 1. The molecule has 1 heterocycles. The summed E-state index contributed by atoms with van der Waals surface area (Å²) in [4.78, 5) is 7.95. The molecular weight excluding hydrogens is 198 g/mol. The summed E-state index contributed by atoms with van der Waals surface area (Å²) >= 11 is 0. The van der Waals surface area contributed by atoms with Crippen LogP contribution in [0.3, 0.4) is 0 Å². The Morgan fingerprint density at radius 1 is 1.19 bits per heavy atom. The third kappa shape index (κ3) is 1.83. The van der Waals surface area contributed by atoms with Crippen molar-refractivity contribution >= 4 is 11.0 Å². The van der Waals surface area contributed by atoms with Gasteiger partial charge in [-0.1, -0.05) is 6.92 Å². The molecule has 1 aromatic heterocycles. The van der Waals surface area contributed by atoms with E-state index in [1.807, 2.05) is 6.92 Å². The minimum absolute atomic E-state index is 0.114. The van der Waals surface area contributed by atoms with Crippen LogP contribution in [0.5, 0.6) is 0 Å². The molecule has 0 saturated heterocycles. The molecule has 2 rings (SSSR count). The van der Waals surface area contributed by atoms with Crippen LogP contribution in [0.4, 0.5) is 0 Å². The van der Waals surface area contributed by atoms with Gasteiger partial charge in [0.1, 0.15) is 5.82 Å². The summed E-state index contributed by atoms with van der Waals surface area (Å²) < 4.78 is 0. The molecule has 16 heavy (non-hydrogen) atoms. The van der Waals surface area contributed by atoms with Crippen molar-refractivity contribution in [3.8, 4) is 0 Å². The first-order chi connectivity index (χ1) is 7.49. The molecule has 0 amide bonds. The number of aromatic nitrogens is 2. The van der Waals surface area contributed by atoms with Gasteiger partial charge in [0, 0.05) is 12.0 Å². The summed E-state index contributed by atoms with van der Waals surface area (Å²) in [5.41, 5.74) is 10.6. The molecule has 3 N–H and O–H groups in total. The standard InChI is InChI=1S/C13H19N3/c1-7-5-11-12(6-8(7)2)16-13(15-11)9(3)10(4)14/h5-6,9-10H,14H2,1-4H3,(H,15,16). The highest BCUT2D eigenvalue weighted by Gasteiger charge is 2.14. The molecule has 86 valence electrons. The lowest BCUT2D eigenvalue weighted by atomic mass is 10.0. The first-order valence-electron chi connectivity index (χ1n) is 5.71. The maximum atomic E-state index is 5.89. The van der Waals surface area contributed by atoms with Crippen LogP contribution in [0.2, 0.25) is 0 Å². The van der Waals surface area contributed by atoms with Crippen molar-refractivity contribution in [2.24, 2.45) is 5.73 Å². The number of nitrogens with zero attached hydrogens (tertiary/aromatic N) is 1. The summed E-state index contributed by atoms with van der Waals surface area (Å²) in [5.74, 6) is 1.24. The van der Waals surface area contributed by atoms with Crippen LogP contribution in [0.1, 0.15) is 36.7 Å². The molecule has 0 aliphatic carbocycles. The summed E-state index contributed by atoms with van der Waals surface area (Å²) in [6, 6.07) is 4.39. The van der Waals surface area contributed by atoms with Gasteiger partial charge in [0.2, 0.25) is 0 Å². The van der Waals surface area contributed by atoms with Crippen molar-refractivity contribution < 1.29 is 0 Å². The number of H-pyrrole nitrogens is 1. The first kappa shape index (κ1) is 11.1. The third-order valence-electron chi connectivity index (χ3n) is 3.34. The molecular formula is C13H19N3. The molecule has 0 aliphatic heterocycles. The average Bonchev–Trinajstić information content (AvgIpc) is 2.60. The van der Waals surface area contributed by atoms with Crippen molar-refractivity contribution in [2.45, 2.75) is 39.7 Å². The molecule has 0 radical (unpaired) electrons. The summed E-state index contributed by atoms with van der Waals surface area (Å²) in [5, 5.41) is 0. The monoisotopic (exact) mass is 217 g/mol. The van der Waals surface area contributed by atoms with E-state index in [4.69, 9.17) is 5.73 Å². The zero-order valence-corrected chi connectivity index (χ0v) is 10.3. The van der Waals surface area contributed by atoms with E-state index >= 15 is 0 Å². The summed E-state index contributed by atoms with van der Waals surface area (Å²) in [7, 11) is 0. The number of aryl methyl sites for hydroxylation is 2. The Morgan fingerprint density at radius 2 is 1.81 bits per heavy atom. The van der Waals surface area contributed by atoms with E-state index in [2.05, 4.69) is 42.9 Å². The van der Waals surface area contributed by atoms with E-state index in [-0.39, 0.29) is 12.0 Å². The number of rotatable bonds is 2. The van der Waals surface area contributed by atoms with E-state index in [1.54, 1.807) is 0 Å². The third-order valence-corrected chi connectivity index (χ3v) is 3.34. The molecule has 2 atom stereocenters. The lowest BCUT2D eigenvalue weighted by Gasteiger charge is -2.11. The number of fused-ring (bicyclic) bond motifs is 1. The highest BCUT2D eigenvalue weighted by Crippen LogP contribution is 2.21. The second kappa shape index (κ2) is 3.91. The normalized spacial score (nSPS) is 15.3. The molecule has 0 aliphatic rings. The Labute approximate surface area is 96.1 Å². The van der Waals surface area contributed by atoms with Gasteiger partial charge in [-0.05, 0) is 44.0 Å². The van der Waals surface area contributed by atoms with Crippen molar-refractivity contribution in [2.75, 3.05) is 0 Å². The molecule has 0 bridgehead atoms. The largest absolute Gasteiger partial charge is 0.342 e. The van der Waals surface area contributed by atoms with Crippen LogP contribution >= 0.6 is 0 Å². The average molecular weight is 217 g/mol. The van der Waals surface area contributed by atoms with Gasteiger partial charge in [-0.15, -0.1) is 0 Å². The lowest BCUT2D eigenvalue weighted by molar-refractivity contribution is 0.588. The minimum atomic E-state index is 0.114. The Hall–Kier alpha value is -1.35. The Balaban J connectivity index is 2.52. The van der Waals surface area contributed by atoms with Crippen LogP contribution in [-0.4, -0.2) is 16.0 Å². The SMILES string of the molecule is Cc1cc2nc(C(C)C(C)N)[nH]c2cc1C. The van der Waals surface area contributed by atoms with Gasteiger partial charge in [0.15, 0.2) is 0 Å². The number of nitrogens with one attached hydrogen (secondary N) is 1. The Bertz CT molecular complexity index is 472. The van der Waals surface area contributed by atoms with Crippen molar-refractivity contribution in [1.29, 1.82) is 0 Å². The number of aromatic amines is 1. The van der Waals surface area contributed by atoms with Crippen molar-refractivity contribution in [1.82, 2.24) is 9.97 Å². The smallest absolute Gasteiger partial charge is 0.111 e. The second-order valence-corrected chi connectivity index (χ2v) is 4.72. The first-order valence-corrected chi connectivity index (χ1v) is 5.71. The fraction of sp³-hybridized carbons (Fsp3) is 0.462. The minimum Gasteiger partial charge on any atom is -0.342 e. The van der Waals surface area contributed by atoms with Gasteiger partial charge >= 0.3 is 0 Å². The predicted octanol–water partition coefficient (Wildman–Crippen LogP) is 2.63. The fourth-order valence-corrected chi connectivity index (χ4v) is 1.75. The van der Waals surface area contributed by atoms with Crippen LogP contribution in [-0.2, 0) is 0 Å². The quantitative estimate of drug-likeness (QED) is 0.812. The highest BCUT2D eigenvalue weighted by atomic mass is 14.9. The van der Waals surface area contributed by atoms with Crippen molar-refractivity contribution in [3.05, 3.63) is 29.1 Å². The molecule has 3 nitrogen and oxygen atoms in total. The van der Waals surface area contributed by atoms with Crippen LogP contribution < -0.4 is 5.73 Å². The highest BCUT2D eigenvalue weighted by molar-refractivity contribution is 5.77. The van der Waals surface area contributed by atoms with Crippen LogP contribution in [0, 0.1) is 13.8 Å². The molecule has 2 unspecified atom stereocenters. The second-order valence-electron chi connectivity index (χ2n) is 4.72. The number of nitrogens with two attached hydrogens (primary N) is 1. The van der Waals surface area contributed by atoms with Gasteiger partial charge in [-0.3, -0.25) is 0 Å². The van der Waals surface area contributed by atoms with Gasteiger partial charge < -0.3 is 10.7 Å². The molecule has 1 aromatic carbocycles. The van der Waals surface area contributed by atoms with E-state index in [0.29, 0.717) is 0 Å². The fourth-order valence-electron chi connectivity index (χ4n) is 1.75. The number of hydrogen-bond donors (Lipinski definition) is 2. The number of hydrogen-bond acceptors (Lipinski definition) is 2. The Morgan fingerprint density at radius 3 is 2.44 bits per heavy atom. The summed E-state index contributed by atoms with van der Waals surface area (Å²) in [6.45, 7) is 8.33. The molecule has 3 heteroatoms. The molecule has 0 spiro atoms. The van der Waals surface area contributed by atoms with E-state index in [9.17, 15) is 0 Å². The zero-order valence-electron chi connectivity index (χ0n) is 10.3. The lowest BCUT2D eigenvalue weighted by Crippen LogP contribution is -2.23. The van der Waals surface area contributed by atoms with Crippen LogP contribution in [0.15, 0.2) is 12.1 Å². The van der Waals surface area contributed by atoms with Gasteiger partial charge in [-0.2, -0.15) is 0 Å². The van der Waals surface area contributed by atoms with E-state index in [1.165, 1.54) is 11.1 Å². The Kier molecular flexibility index (Phi) is 2.72. The maximum absolute atomic E-state index is 5.89. The van der Waals surface area contributed by atoms with Gasteiger partial charge in [0.05, 0.1) is 11.0 Å². The molecule has 0 saturated carbocycles. The van der Waals surface area contributed by atoms with E-state index in [0.717, 1.165) is 16.9 Å². The molecule has 2 aromatic rings. The van der Waals surface area contributed by atoms with Crippen molar-refractivity contribution in [3.63, 3.8) is 0 Å². The topological polar surface area (TPSA) is 54.7 Å². The van der Waals surface area contributed by atoms with Gasteiger partial charge in [-0.25, -0.2) is 4.98 Å². The van der Waals surface area contributed by atoms with Crippen LogP contribution in [0.25, 0.3) is 11.0 Å². The zero-order chi connectivity index (χ0) is 11.9. The van der Waals surface area contributed by atoms with E-state index < -0.39 is 0 Å².